The quantitative estimate of drug-likeness (QED) is 0.837. The Kier molecular flexibility index (Phi) is 5.01. The lowest BCUT2D eigenvalue weighted by Crippen LogP contribution is -2.38. The van der Waals surface area contributed by atoms with E-state index in [9.17, 15) is 0 Å². The number of nitrogens with zero attached hydrogens (tertiary/aromatic N) is 1. The van der Waals surface area contributed by atoms with Crippen LogP contribution >= 0.6 is 11.3 Å². The van der Waals surface area contributed by atoms with Crippen molar-refractivity contribution in [3.63, 3.8) is 0 Å². The Bertz CT molecular complexity index is 310. The summed E-state index contributed by atoms with van der Waals surface area (Å²) in [4.78, 5) is 4.07. The van der Waals surface area contributed by atoms with E-state index in [1.807, 2.05) is 11.3 Å². The minimum atomic E-state index is 0.673. The van der Waals surface area contributed by atoms with Crippen molar-refractivity contribution in [3.8, 4) is 0 Å². The average molecular weight is 252 g/mol. The lowest BCUT2D eigenvalue weighted by molar-refractivity contribution is 0.242. The first-order valence-corrected chi connectivity index (χ1v) is 7.64. The number of hydrogen-bond acceptors (Lipinski definition) is 3. The van der Waals surface area contributed by atoms with Gasteiger partial charge < -0.3 is 5.32 Å². The van der Waals surface area contributed by atoms with Crippen LogP contribution in [0.4, 0.5) is 0 Å². The Balaban J connectivity index is 1.65. The van der Waals surface area contributed by atoms with Gasteiger partial charge in [0.25, 0.3) is 0 Å². The number of hydrogen-bond donors (Lipinski definition) is 1. The molecule has 1 aliphatic heterocycles. The maximum atomic E-state index is 3.57. The first kappa shape index (κ1) is 13.1. The predicted octanol–water partition coefficient (Wildman–Crippen LogP) is 2.96. The Morgan fingerprint density at radius 2 is 2.47 bits per heavy atom. The fourth-order valence-electron chi connectivity index (χ4n) is 2.54. The molecule has 2 rings (SSSR count). The second-order valence-electron chi connectivity index (χ2n) is 5.12. The molecule has 0 amide bonds. The van der Waals surface area contributed by atoms with Crippen LogP contribution in [0.15, 0.2) is 17.5 Å². The van der Waals surface area contributed by atoms with Crippen LogP contribution in [0.5, 0.6) is 0 Å². The highest BCUT2D eigenvalue weighted by Crippen LogP contribution is 2.20. The second-order valence-corrected chi connectivity index (χ2v) is 6.15. The molecule has 1 fully saturated rings. The Hall–Kier alpha value is -0.380. The molecule has 3 heteroatoms. The molecular weight excluding hydrogens is 228 g/mol. The van der Waals surface area contributed by atoms with Crippen LogP contribution < -0.4 is 5.32 Å². The third-order valence-electron chi connectivity index (χ3n) is 3.84. The molecular formula is C14H24N2S. The van der Waals surface area contributed by atoms with Crippen molar-refractivity contribution in [3.05, 3.63) is 22.4 Å². The van der Waals surface area contributed by atoms with Crippen molar-refractivity contribution >= 4 is 11.3 Å². The van der Waals surface area contributed by atoms with Crippen LogP contribution in [0.25, 0.3) is 0 Å². The summed E-state index contributed by atoms with van der Waals surface area (Å²) in [7, 11) is 0. The topological polar surface area (TPSA) is 15.3 Å². The summed E-state index contributed by atoms with van der Waals surface area (Å²) in [6, 6.07) is 4.99. The van der Waals surface area contributed by atoms with Gasteiger partial charge >= 0.3 is 0 Å². The number of likely N-dealkylation sites (tertiary alicyclic amines) is 1. The number of rotatable bonds is 6. The van der Waals surface area contributed by atoms with Crippen molar-refractivity contribution < 1.29 is 0 Å². The summed E-state index contributed by atoms with van der Waals surface area (Å²) in [6.07, 6.45) is 2.73. The van der Waals surface area contributed by atoms with Crippen molar-refractivity contribution in [2.75, 3.05) is 19.6 Å². The van der Waals surface area contributed by atoms with Crippen LogP contribution in [-0.2, 0) is 6.54 Å². The molecule has 1 aromatic rings. The lowest BCUT2D eigenvalue weighted by Gasteiger charge is -2.24. The van der Waals surface area contributed by atoms with Crippen LogP contribution in [-0.4, -0.2) is 30.6 Å². The summed E-state index contributed by atoms with van der Waals surface area (Å²) >= 11 is 1.83. The van der Waals surface area contributed by atoms with Crippen LogP contribution in [0.2, 0.25) is 0 Å². The standard InChI is InChI=1S/C14H24N2S/c1-3-13-6-7-16(11-13)12(2)9-15-10-14-5-4-8-17-14/h4-5,8,12-13,15H,3,6-7,9-11H2,1-2H3. The van der Waals surface area contributed by atoms with Crippen molar-refractivity contribution in [2.24, 2.45) is 5.92 Å². The Morgan fingerprint density at radius 1 is 1.59 bits per heavy atom. The van der Waals surface area contributed by atoms with Gasteiger partial charge in [0.1, 0.15) is 0 Å². The maximum absolute atomic E-state index is 3.57. The van der Waals surface area contributed by atoms with Crippen LogP contribution in [0.3, 0.4) is 0 Å². The summed E-state index contributed by atoms with van der Waals surface area (Å²) < 4.78 is 0. The van der Waals surface area contributed by atoms with Gasteiger partial charge in [-0.15, -0.1) is 11.3 Å². The molecule has 2 unspecified atom stereocenters. The predicted molar refractivity (Wildman–Crippen MR) is 75.5 cm³/mol. The second kappa shape index (κ2) is 6.53. The van der Waals surface area contributed by atoms with Crippen molar-refractivity contribution in [2.45, 2.75) is 39.3 Å². The first-order chi connectivity index (χ1) is 8.29. The van der Waals surface area contributed by atoms with E-state index in [1.54, 1.807) is 0 Å². The van der Waals surface area contributed by atoms with Gasteiger partial charge in [0, 0.05) is 30.6 Å². The van der Waals surface area contributed by atoms with E-state index >= 15 is 0 Å². The molecule has 2 atom stereocenters. The van der Waals surface area contributed by atoms with Crippen molar-refractivity contribution in [1.29, 1.82) is 0 Å². The van der Waals surface area contributed by atoms with Gasteiger partial charge in [-0.2, -0.15) is 0 Å². The SMILES string of the molecule is CCC1CCN(C(C)CNCc2cccs2)C1. The van der Waals surface area contributed by atoms with Gasteiger partial charge in [-0.3, -0.25) is 4.90 Å². The van der Waals surface area contributed by atoms with E-state index in [4.69, 9.17) is 0 Å². The number of nitrogens with one attached hydrogen (secondary N) is 1. The fraction of sp³-hybridized carbons (Fsp3) is 0.714. The van der Waals surface area contributed by atoms with E-state index in [0.717, 1.165) is 19.0 Å². The molecule has 2 nitrogen and oxygen atoms in total. The van der Waals surface area contributed by atoms with E-state index in [-0.39, 0.29) is 0 Å². The molecule has 0 saturated carbocycles. The molecule has 1 aromatic heterocycles. The zero-order valence-corrected chi connectivity index (χ0v) is 11.8. The number of thiophene rings is 1. The molecule has 17 heavy (non-hydrogen) atoms. The van der Waals surface area contributed by atoms with Gasteiger partial charge in [-0.1, -0.05) is 19.4 Å². The maximum Gasteiger partial charge on any atom is 0.0300 e. The van der Waals surface area contributed by atoms with Gasteiger partial charge in [0.05, 0.1) is 0 Å². The molecule has 0 bridgehead atoms. The van der Waals surface area contributed by atoms with E-state index < -0.39 is 0 Å². The Labute approximate surface area is 109 Å². The molecule has 2 heterocycles. The van der Waals surface area contributed by atoms with Crippen molar-refractivity contribution in [1.82, 2.24) is 10.2 Å². The third-order valence-corrected chi connectivity index (χ3v) is 4.71. The highest BCUT2D eigenvalue weighted by atomic mass is 32.1. The zero-order valence-electron chi connectivity index (χ0n) is 11.0. The summed E-state index contributed by atoms with van der Waals surface area (Å²) in [5.74, 6) is 0.940. The molecule has 0 radical (unpaired) electrons. The minimum Gasteiger partial charge on any atom is -0.310 e. The summed E-state index contributed by atoms with van der Waals surface area (Å²) in [5, 5.41) is 5.71. The van der Waals surface area contributed by atoms with E-state index in [0.29, 0.717) is 6.04 Å². The van der Waals surface area contributed by atoms with E-state index in [1.165, 1.54) is 30.8 Å². The minimum absolute atomic E-state index is 0.673. The van der Waals surface area contributed by atoms with Gasteiger partial charge in [-0.05, 0) is 37.3 Å². The molecule has 1 N–H and O–H groups in total. The molecule has 0 aliphatic carbocycles. The zero-order chi connectivity index (χ0) is 12.1. The smallest absolute Gasteiger partial charge is 0.0300 e. The van der Waals surface area contributed by atoms with Gasteiger partial charge in [0.2, 0.25) is 0 Å². The molecule has 0 aromatic carbocycles. The highest BCUT2D eigenvalue weighted by molar-refractivity contribution is 7.09. The van der Waals surface area contributed by atoms with Crippen LogP contribution in [0, 0.1) is 5.92 Å². The average Bonchev–Trinajstić information content (AvgIpc) is 2.99. The van der Waals surface area contributed by atoms with Crippen LogP contribution in [0.1, 0.15) is 31.6 Å². The third kappa shape index (κ3) is 3.80. The molecule has 96 valence electrons. The van der Waals surface area contributed by atoms with Gasteiger partial charge in [-0.25, -0.2) is 0 Å². The molecule has 0 spiro atoms. The largest absolute Gasteiger partial charge is 0.310 e. The lowest BCUT2D eigenvalue weighted by atomic mass is 10.1. The fourth-order valence-corrected chi connectivity index (χ4v) is 3.22. The van der Waals surface area contributed by atoms with Gasteiger partial charge in [0.15, 0.2) is 0 Å². The summed E-state index contributed by atoms with van der Waals surface area (Å²) in [6.45, 7) is 9.38. The molecule has 1 aliphatic rings. The molecule has 1 saturated heterocycles. The monoisotopic (exact) mass is 252 g/mol. The highest BCUT2D eigenvalue weighted by Gasteiger charge is 2.24. The first-order valence-electron chi connectivity index (χ1n) is 6.76. The summed E-state index contributed by atoms with van der Waals surface area (Å²) in [5.41, 5.74) is 0. The normalized spacial score (nSPS) is 23.1. The Morgan fingerprint density at radius 3 is 3.12 bits per heavy atom. The van der Waals surface area contributed by atoms with E-state index in [2.05, 4.69) is 41.6 Å².